The summed E-state index contributed by atoms with van der Waals surface area (Å²) in [6, 6.07) is 5.41. The Labute approximate surface area is 167 Å². The third kappa shape index (κ3) is 4.10. The quantitative estimate of drug-likeness (QED) is 0.594. The first-order valence-corrected chi connectivity index (χ1v) is 10.3. The lowest BCUT2D eigenvalue weighted by Gasteiger charge is -2.35. The minimum atomic E-state index is 0.117. The summed E-state index contributed by atoms with van der Waals surface area (Å²) < 4.78 is 1.35. The second-order valence-corrected chi connectivity index (χ2v) is 8.02. The molecule has 0 spiro atoms. The van der Waals surface area contributed by atoms with Crippen LogP contribution in [-0.2, 0) is 4.79 Å². The molecule has 0 aliphatic carbocycles. The number of nitrogens with two attached hydrogens (primary N) is 1. The van der Waals surface area contributed by atoms with Crippen LogP contribution in [0, 0.1) is 0 Å². The van der Waals surface area contributed by atoms with E-state index in [-0.39, 0.29) is 11.7 Å². The molecular weight excluding hydrogens is 393 g/mol. The second-order valence-electron chi connectivity index (χ2n) is 6.23. The summed E-state index contributed by atoms with van der Waals surface area (Å²) in [7, 11) is 0. The number of amides is 1. The second kappa shape index (κ2) is 8.50. The first kappa shape index (κ1) is 19.3. The number of halogens is 2. The van der Waals surface area contributed by atoms with E-state index in [9.17, 15) is 4.79 Å². The normalized spacial score (nSPS) is 17.5. The van der Waals surface area contributed by atoms with Crippen molar-refractivity contribution in [3.8, 4) is 11.4 Å². The van der Waals surface area contributed by atoms with Gasteiger partial charge in [-0.15, -0.1) is 10.2 Å². The van der Waals surface area contributed by atoms with E-state index in [1.807, 2.05) is 4.90 Å². The molecule has 0 bridgehead atoms. The molecule has 1 aliphatic heterocycles. The van der Waals surface area contributed by atoms with Crippen LogP contribution in [0.5, 0.6) is 0 Å². The van der Waals surface area contributed by atoms with Crippen LogP contribution < -0.4 is 5.84 Å². The molecule has 1 amide bonds. The third-order valence-electron chi connectivity index (χ3n) is 4.58. The number of thioether (sulfide) groups is 1. The van der Waals surface area contributed by atoms with Crippen LogP contribution in [0.1, 0.15) is 32.6 Å². The number of piperidine rings is 1. The molecule has 1 saturated heterocycles. The Morgan fingerprint density at radius 1 is 1.35 bits per heavy atom. The zero-order valence-electron chi connectivity index (χ0n) is 14.5. The highest BCUT2D eigenvalue weighted by atomic mass is 35.5. The summed E-state index contributed by atoms with van der Waals surface area (Å²) in [6.45, 7) is 2.96. The van der Waals surface area contributed by atoms with Crippen LogP contribution in [0.4, 0.5) is 0 Å². The van der Waals surface area contributed by atoms with Crippen LogP contribution in [0.25, 0.3) is 11.4 Å². The average Bonchev–Trinajstić information content (AvgIpc) is 3.02. The van der Waals surface area contributed by atoms with Gasteiger partial charge in [0, 0.05) is 23.2 Å². The standard InChI is InChI=1S/C17H21Cl2N5OS/c1-2-12-5-3-4-8-23(12)15(25)10-26-17-22-21-16(24(17)20)13-9-11(18)6-7-14(13)19/h6-7,9,12H,2-5,8,10,20H2,1H3/t12-/m1/s1. The number of likely N-dealkylation sites (tertiary alicyclic amines) is 1. The molecule has 0 saturated carbocycles. The first-order valence-electron chi connectivity index (χ1n) is 8.59. The van der Waals surface area contributed by atoms with Crippen molar-refractivity contribution in [3.63, 3.8) is 0 Å². The Morgan fingerprint density at radius 2 is 2.15 bits per heavy atom. The third-order valence-corrected chi connectivity index (χ3v) is 6.07. The van der Waals surface area contributed by atoms with E-state index < -0.39 is 0 Å². The number of aromatic nitrogens is 3. The number of rotatable bonds is 5. The van der Waals surface area contributed by atoms with Gasteiger partial charge in [-0.3, -0.25) is 4.79 Å². The van der Waals surface area contributed by atoms with Crippen molar-refractivity contribution >= 4 is 40.9 Å². The molecule has 2 N–H and O–H groups in total. The molecule has 0 unspecified atom stereocenters. The smallest absolute Gasteiger partial charge is 0.233 e. The van der Waals surface area contributed by atoms with E-state index in [4.69, 9.17) is 29.0 Å². The molecular formula is C17H21Cl2N5OS. The maximum Gasteiger partial charge on any atom is 0.233 e. The maximum absolute atomic E-state index is 12.6. The van der Waals surface area contributed by atoms with Gasteiger partial charge in [0.25, 0.3) is 0 Å². The van der Waals surface area contributed by atoms with Crippen molar-refractivity contribution in [2.24, 2.45) is 0 Å². The minimum absolute atomic E-state index is 0.117. The molecule has 3 rings (SSSR count). The number of benzene rings is 1. The maximum atomic E-state index is 12.6. The van der Waals surface area contributed by atoms with Crippen LogP contribution in [0.15, 0.2) is 23.4 Å². The Balaban J connectivity index is 1.71. The lowest BCUT2D eigenvalue weighted by molar-refractivity contribution is -0.132. The lowest BCUT2D eigenvalue weighted by Crippen LogP contribution is -2.44. The van der Waals surface area contributed by atoms with Gasteiger partial charge in [0.1, 0.15) is 0 Å². The molecule has 140 valence electrons. The molecule has 1 aromatic carbocycles. The molecule has 26 heavy (non-hydrogen) atoms. The lowest BCUT2D eigenvalue weighted by atomic mass is 10.0. The number of carbonyl (C=O) groups excluding carboxylic acids is 1. The molecule has 6 nitrogen and oxygen atoms in total. The van der Waals surface area contributed by atoms with Gasteiger partial charge in [0.15, 0.2) is 5.82 Å². The fourth-order valence-electron chi connectivity index (χ4n) is 3.19. The summed E-state index contributed by atoms with van der Waals surface area (Å²) in [5.74, 6) is 6.93. The van der Waals surface area contributed by atoms with Crippen molar-refractivity contribution in [2.75, 3.05) is 18.1 Å². The zero-order chi connectivity index (χ0) is 18.7. The molecule has 0 radical (unpaired) electrons. The van der Waals surface area contributed by atoms with E-state index in [2.05, 4.69) is 17.1 Å². The predicted molar refractivity (Wildman–Crippen MR) is 106 cm³/mol. The number of hydrogen-bond donors (Lipinski definition) is 1. The molecule has 2 aromatic rings. The van der Waals surface area contributed by atoms with Crippen LogP contribution in [0.3, 0.4) is 0 Å². The number of nitrogens with zero attached hydrogens (tertiary/aromatic N) is 4. The molecule has 1 aromatic heterocycles. The molecule has 9 heteroatoms. The van der Waals surface area contributed by atoms with Gasteiger partial charge >= 0.3 is 0 Å². The highest BCUT2D eigenvalue weighted by Crippen LogP contribution is 2.30. The molecule has 2 heterocycles. The van der Waals surface area contributed by atoms with Crippen LogP contribution in [0.2, 0.25) is 10.0 Å². The average molecular weight is 414 g/mol. The van der Waals surface area contributed by atoms with Gasteiger partial charge in [0.2, 0.25) is 11.1 Å². The summed E-state index contributed by atoms with van der Waals surface area (Å²) in [5.41, 5.74) is 0.606. The monoisotopic (exact) mass is 413 g/mol. The highest BCUT2D eigenvalue weighted by Gasteiger charge is 2.26. The van der Waals surface area contributed by atoms with Gasteiger partial charge in [0.05, 0.1) is 10.8 Å². The van der Waals surface area contributed by atoms with Crippen molar-refractivity contribution in [3.05, 3.63) is 28.2 Å². The van der Waals surface area contributed by atoms with E-state index in [0.29, 0.717) is 32.6 Å². The van der Waals surface area contributed by atoms with Crippen molar-refractivity contribution < 1.29 is 4.79 Å². The largest absolute Gasteiger partial charge is 0.339 e. The van der Waals surface area contributed by atoms with Gasteiger partial charge in [-0.25, -0.2) is 4.68 Å². The zero-order valence-corrected chi connectivity index (χ0v) is 16.8. The van der Waals surface area contributed by atoms with Gasteiger partial charge in [-0.1, -0.05) is 41.9 Å². The summed E-state index contributed by atoms with van der Waals surface area (Å²) in [5, 5.41) is 9.69. The Hall–Kier alpha value is -1.44. The summed E-state index contributed by atoms with van der Waals surface area (Å²) >= 11 is 13.5. The van der Waals surface area contributed by atoms with Gasteiger partial charge < -0.3 is 10.7 Å². The number of hydrogen-bond acceptors (Lipinski definition) is 5. The highest BCUT2D eigenvalue weighted by molar-refractivity contribution is 7.99. The van der Waals surface area contributed by atoms with Crippen LogP contribution in [-0.4, -0.2) is 44.0 Å². The molecule has 1 atom stereocenters. The SMILES string of the molecule is CC[C@@H]1CCCCN1C(=O)CSc1nnc(-c2cc(Cl)ccc2Cl)n1N. The minimum Gasteiger partial charge on any atom is -0.339 e. The fraction of sp³-hybridized carbons (Fsp3) is 0.471. The van der Waals surface area contributed by atoms with Crippen molar-refractivity contribution in [1.29, 1.82) is 0 Å². The van der Waals surface area contributed by atoms with Gasteiger partial charge in [-0.05, 0) is 43.9 Å². The van der Waals surface area contributed by atoms with Gasteiger partial charge in [-0.2, -0.15) is 0 Å². The van der Waals surface area contributed by atoms with E-state index in [1.54, 1.807) is 18.2 Å². The topological polar surface area (TPSA) is 77.0 Å². The van der Waals surface area contributed by atoms with E-state index >= 15 is 0 Å². The van der Waals surface area contributed by atoms with Crippen molar-refractivity contribution in [1.82, 2.24) is 19.8 Å². The fourth-order valence-corrected chi connectivity index (χ4v) is 4.31. The summed E-state index contributed by atoms with van der Waals surface area (Å²) in [4.78, 5) is 14.6. The summed E-state index contributed by atoms with van der Waals surface area (Å²) in [6.07, 6.45) is 4.33. The molecule has 1 fully saturated rings. The number of carbonyl (C=O) groups is 1. The van der Waals surface area contributed by atoms with Crippen LogP contribution >= 0.6 is 35.0 Å². The predicted octanol–water partition coefficient (Wildman–Crippen LogP) is 3.85. The number of nitrogen functional groups attached to an aromatic ring is 1. The molecule has 1 aliphatic rings. The Bertz CT molecular complexity index is 797. The van der Waals surface area contributed by atoms with E-state index in [0.717, 1.165) is 25.8 Å². The van der Waals surface area contributed by atoms with E-state index in [1.165, 1.54) is 22.9 Å². The first-order chi connectivity index (χ1) is 12.5. The Morgan fingerprint density at radius 3 is 2.92 bits per heavy atom. The van der Waals surface area contributed by atoms with Crippen molar-refractivity contribution in [2.45, 2.75) is 43.8 Å². The Kier molecular flexibility index (Phi) is 6.32.